The third-order valence-electron chi connectivity index (χ3n) is 5.51. The first-order valence-electron chi connectivity index (χ1n) is 9.96. The number of carboxylic acids is 1. The van der Waals surface area contributed by atoms with E-state index in [1.54, 1.807) is 0 Å². The lowest BCUT2D eigenvalue weighted by Gasteiger charge is -2.25. The van der Waals surface area contributed by atoms with E-state index in [4.69, 9.17) is 5.11 Å². The minimum absolute atomic E-state index is 0.0587. The molecular weight excluding hydrogens is 340 g/mol. The highest BCUT2D eigenvalue weighted by Crippen LogP contribution is 2.23. The summed E-state index contributed by atoms with van der Waals surface area (Å²) in [5.41, 5.74) is 2.65. The van der Waals surface area contributed by atoms with Crippen LogP contribution < -0.4 is 0 Å². The van der Waals surface area contributed by atoms with E-state index in [-0.39, 0.29) is 23.9 Å². The number of amides is 1. The molecule has 0 saturated carbocycles. The van der Waals surface area contributed by atoms with Gasteiger partial charge in [0.1, 0.15) is 0 Å². The second-order valence-electron chi connectivity index (χ2n) is 8.72. The van der Waals surface area contributed by atoms with Gasteiger partial charge in [-0.3, -0.25) is 14.5 Å². The zero-order valence-electron chi connectivity index (χ0n) is 17.2. The summed E-state index contributed by atoms with van der Waals surface area (Å²) in [5.74, 6) is -0.594. The predicted molar refractivity (Wildman–Crippen MR) is 108 cm³/mol. The molecule has 1 heterocycles. The van der Waals surface area contributed by atoms with Crippen LogP contribution in [0.25, 0.3) is 0 Å². The summed E-state index contributed by atoms with van der Waals surface area (Å²) in [4.78, 5) is 27.4. The van der Waals surface area contributed by atoms with Crippen LogP contribution in [-0.4, -0.2) is 59.5 Å². The lowest BCUT2D eigenvalue weighted by atomic mass is 9.86. The molecule has 0 spiro atoms. The third-order valence-corrected chi connectivity index (χ3v) is 5.51. The number of likely N-dealkylation sites (tertiary alicyclic amines) is 1. The molecule has 1 atom stereocenters. The van der Waals surface area contributed by atoms with E-state index in [9.17, 15) is 9.59 Å². The molecule has 150 valence electrons. The first-order chi connectivity index (χ1) is 12.7. The SMILES string of the molecule is CN(CC(=O)O)C1CCCN(C(=O)CCc2ccc(C(C)(C)C)cc2)CC1. The Morgan fingerprint density at radius 2 is 1.81 bits per heavy atom. The maximum atomic E-state index is 12.6. The van der Waals surface area contributed by atoms with Gasteiger partial charge in [-0.25, -0.2) is 0 Å². The van der Waals surface area contributed by atoms with E-state index in [1.165, 1.54) is 11.1 Å². The van der Waals surface area contributed by atoms with Gasteiger partial charge in [0.2, 0.25) is 5.91 Å². The first-order valence-corrected chi connectivity index (χ1v) is 9.96. The predicted octanol–water partition coefficient (Wildman–Crippen LogP) is 3.31. The first kappa shape index (κ1) is 21.4. The lowest BCUT2D eigenvalue weighted by molar-refractivity contribution is -0.138. The van der Waals surface area contributed by atoms with Crippen molar-refractivity contribution < 1.29 is 14.7 Å². The van der Waals surface area contributed by atoms with Crippen LogP contribution in [0.3, 0.4) is 0 Å². The van der Waals surface area contributed by atoms with Gasteiger partial charge in [-0.1, -0.05) is 45.0 Å². The minimum Gasteiger partial charge on any atom is -0.480 e. The van der Waals surface area contributed by atoms with Crippen molar-refractivity contribution >= 4 is 11.9 Å². The van der Waals surface area contributed by atoms with Gasteiger partial charge < -0.3 is 10.0 Å². The number of benzene rings is 1. The van der Waals surface area contributed by atoms with Gasteiger partial charge in [0.05, 0.1) is 6.54 Å². The molecule has 27 heavy (non-hydrogen) atoms. The molecule has 1 amide bonds. The fraction of sp³-hybridized carbons (Fsp3) is 0.636. The Hall–Kier alpha value is -1.88. The highest BCUT2D eigenvalue weighted by molar-refractivity contribution is 5.76. The van der Waals surface area contributed by atoms with Crippen LogP contribution in [0.15, 0.2) is 24.3 Å². The van der Waals surface area contributed by atoms with Crippen LogP contribution in [0.2, 0.25) is 0 Å². The quantitative estimate of drug-likeness (QED) is 0.830. The van der Waals surface area contributed by atoms with E-state index < -0.39 is 5.97 Å². The molecule has 0 bridgehead atoms. The number of nitrogens with zero attached hydrogens (tertiary/aromatic N) is 2. The average Bonchev–Trinajstić information content (AvgIpc) is 2.85. The zero-order chi connectivity index (χ0) is 20.0. The standard InChI is InChI=1S/C22H34N2O3/c1-22(2,3)18-10-7-17(8-11-18)9-12-20(25)24-14-5-6-19(13-15-24)23(4)16-21(26)27/h7-8,10-11,19H,5-6,9,12-16H2,1-4H3,(H,26,27). The van der Waals surface area contributed by atoms with Gasteiger partial charge in [0.25, 0.3) is 0 Å². The largest absolute Gasteiger partial charge is 0.480 e. The monoisotopic (exact) mass is 374 g/mol. The number of carboxylic acid groups (broad SMARTS) is 1. The molecule has 2 rings (SSSR count). The number of carbonyl (C=O) groups is 2. The molecule has 1 saturated heterocycles. The summed E-state index contributed by atoms with van der Waals surface area (Å²) in [6.45, 7) is 8.16. The molecule has 1 aromatic carbocycles. The molecule has 0 radical (unpaired) electrons. The Morgan fingerprint density at radius 1 is 1.15 bits per heavy atom. The second kappa shape index (κ2) is 9.36. The van der Waals surface area contributed by atoms with Gasteiger partial charge in [-0.2, -0.15) is 0 Å². The Bertz CT molecular complexity index is 634. The lowest BCUT2D eigenvalue weighted by Crippen LogP contribution is -2.37. The normalized spacial score (nSPS) is 18.4. The molecular formula is C22H34N2O3. The van der Waals surface area contributed by atoms with Gasteiger partial charge in [0, 0.05) is 25.6 Å². The molecule has 1 aliphatic heterocycles. The Balaban J connectivity index is 1.83. The average molecular weight is 375 g/mol. The number of carbonyl (C=O) groups excluding carboxylic acids is 1. The third kappa shape index (κ3) is 6.65. The Morgan fingerprint density at radius 3 is 2.41 bits per heavy atom. The summed E-state index contributed by atoms with van der Waals surface area (Å²) in [5, 5.41) is 8.96. The van der Waals surface area contributed by atoms with Crippen molar-refractivity contribution in [2.24, 2.45) is 0 Å². The Kier molecular flexibility index (Phi) is 7.42. The van der Waals surface area contributed by atoms with Gasteiger partial charge >= 0.3 is 5.97 Å². The highest BCUT2D eigenvalue weighted by Gasteiger charge is 2.23. The Labute approximate surface area is 163 Å². The van der Waals surface area contributed by atoms with Crippen molar-refractivity contribution in [2.45, 2.75) is 64.3 Å². The number of likely N-dealkylation sites (N-methyl/N-ethyl adjacent to an activating group) is 1. The minimum atomic E-state index is -0.799. The van der Waals surface area contributed by atoms with Gasteiger partial charge in [0.15, 0.2) is 0 Å². The second-order valence-corrected chi connectivity index (χ2v) is 8.72. The van der Waals surface area contributed by atoms with Gasteiger partial charge in [-0.15, -0.1) is 0 Å². The molecule has 5 nitrogen and oxygen atoms in total. The molecule has 0 aromatic heterocycles. The summed E-state index contributed by atoms with van der Waals surface area (Å²) in [7, 11) is 1.86. The van der Waals surface area contributed by atoms with Crippen LogP contribution in [0.4, 0.5) is 0 Å². The number of aryl methyl sites for hydroxylation is 1. The van der Waals surface area contributed by atoms with Crippen LogP contribution in [0.5, 0.6) is 0 Å². The van der Waals surface area contributed by atoms with Crippen molar-refractivity contribution in [3.8, 4) is 0 Å². The van der Waals surface area contributed by atoms with E-state index in [2.05, 4.69) is 45.0 Å². The topological polar surface area (TPSA) is 60.9 Å². The van der Waals surface area contributed by atoms with Crippen molar-refractivity contribution in [3.05, 3.63) is 35.4 Å². The van der Waals surface area contributed by atoms with Crippen LogP contribution in [-0.2, 0) is 21.4 Å². The number of hydrogen-bond donors (Lipinski definition) is 1. The molecule has 5 heteroatoms. The van der Waals surface area contributed by atoms with E-state index in [1.807, 2.05) is 16.8 Å². The van der Waals surface area contributed by atoms with Crippen LogP contribution >= 0.6 is 0 Å². The van der Waals surface area contributed by atoms with Crippen LogP contribution in [0.1, 0.15) is 57.6 Å². The molecule has 1 fully saturated rings. The van der Waals surface area contributed by atoms with Crippen molar-refractivity contribution in [1.29, 1.82) is 0 Å². The summed E-state index contributed by atoms with van der Waals surface area (Å²) >= 11 is 0. The van der Waals surface area contributed by atoms with Gasteiger partial charge in [-0.05, 0) is 49.3 Å². The number of aliphatic carboxylic acids is 1. The summed E-state index contributed by atoms with van der Waals surface area (Å²) < 4.78 is 0. The summed E-state index contributed by atoms with van der Waals surface area (Å²) in [6, 6.07) is 8.83. The fourth-order valence-corrected chi connectivity index (χ4v) is 3.69. The van der Waals surface area contributed by atoms with Crippen molar-refractivity contribution in [1.82, 2.24) is 9.80 Å². The molecule has 1 N–H and O–H groups in total. The fourth-order valence-electron chi connectivity index (χ4n) is 3.69. The highest BCUT2D eigenvalue weighted by atomic mass is 16.4. The smallest absolute Gasteiger partial charge is 0.317 e. The van der Waals surface area contributed by atoms with E-state index in [0.717, 1.165) is 38.8 Å². The maximum Gasteiger partial charge on any atom is 0.317 e. The van der Waals surface area contributed by atoms with E-state index in [0.29, 0.717) is 6.42 Å². The summed E-state index contributed by atoms with van der Waals surface area (Å²) in [6.07, 6.45) is 4.02. The zero-order valence-corrected chi connectivity index (χ0v) is 17.2. The van der Waals surface area contributed by atoms with E-state index >= 15 is 0 Å². The number of hydrogen-bond acceptors (Lipinski definition) is 3. The maximum absolute atomic E-state index is 12.6. The molecule has 1 unspecified atom stereocenters. The van der Waals surface area contributed by atoms with Crippen LogP contribution in [0, 0.1) is 0 Å². The van der Waals surface area contributed by atoms with Crippen molar-refractivity contribution in [2.75, 3.05) is 26.7 Å². The molecule has 1 aromatic rings. The molecule has 0 aliphatic carbocycles. The number of rotatable bonds is 6. The van der Waals surface area contributed by atoms with Crippen molar-refractivity contribution in [3.63, 3.8) is 0 Å². The molecule has 1 aliphatic rings.